The van der Waals surface area contributed by atoms with Gasteiger partial charge in [0, 0.05) is 43.6 Å². The Labute approximate surface area is 203 Å². The molecule has 2 aromatic rings. The molecule has 3 atom stereocenters. The van der Waals surface area contributed by atoms with Crippen molar-refractivity contribution in [3.8, 4) is 5.75 Å². The molecular formula is C26H31F2N5O2. The van der Waals surface area contributed by atoms with E-state index >= 15 is 0 Å². The zero-order valence-corrected chi connectivity index (χ0v) is 20.0. The van der Waals surface area contributed by atoms with E-state index in [-0.39, 0.29) is 17.6 Å². The van der Waals surface area contributed by atoms with Gasteiger partial charge in [0.2, 0.25) is 0 Å². The number of aryl methyl sites for hydroxylation is 1. The highest BCUT2D eigenvalue weighted by molar-refractivity contribution is 5.76. The van der Waals surface area contributed by atoms with Crippen LogP contribution in [-0.4, -0.2) is 62.9 Å². The molecule has 186 valence electrons. The Morgan fingerprint density at radius 1 is 1.06 bits per heavy atom. The van der Waals surface area contributed by atoms with Crippen molar-refractivity contribution in [3.63, 3.8) is 0 Å². The molecule has 35 heavy (non-hydrogen) atoms. The molecule has 0 radical (unpaired) electrons. The highest BCUT2D eigenvalue weighted by atomic mass is 19.2. The fraction of sp³-hybridized carbons (Fsp3) is 0.654. The first-order valence-corrected chi connectivity index (χ1v) is 12.9. The standard InChI is InChI=1S/C26H31F2N5O2/c1-15-4-21(27)22(28)7-23(15)35-20-5-17-10-31(11-18(17)6-20)25(34)32-12-26(13-32)8-19(9-26)33-14-29-24(30-33)16-2-3-16/h4,7,14,16-20H,2-3,5-6,8-13H2,1H3/t17-,18+,20?. The zero-order chi connectivity index (χ0) is 23.9. The molecule has 3 saturated carbocycles. The van der Waals surface area contributed by atoms with Gasteiger partial charge in [0.25, 0.3) is 0 Å². The maximum absolute atomic E-state index is 13.6. The van der Waals surface area contributed by atoms with Crippen molar-refractivity contribution in [3.05, 3.63) is 41.5 Å². The van der Waals surface area contributed by atoms with E-state index < -0.39 is 11.6 Å². The molecule has 1 aromatic carbocycles. The van der Waals surface area contributed by atoms with E-state index in [1.165, 1.54) is 18.9 Å². The first-order valence-electron chi connectivity index (χ1n) is 12.9. The quantitative estimate of drug-likeness (QED) is 0.651. The second-order valence-electron chi connectivity index (χ2n) is 11.7. The van der Waals surface area contributed by atoms with E-state index in [2.05, 4.69) is 10.1 Å². The molecule has 3 heterocycles. The van der Waals surface area contributed by atoms with E-state index in [9.17, 15) is 13.6 Å². The minimum absolute atomic E-state index is 0.0118. The van der Waals surface area contributed by atoms with Gasteiger partial charge in [0.05, 0.1) is 12.1 Å². The summed E-state index contributed by atoms with van der Waals surface area (Å²) in [5, 5.41) is 4.68. The fourth-order valence-electron chi connectivity index (χ4n) is 6.91. The van der Waals surface area contributed by atoms with Gasteiger partial charge in [0.1, 0.15) is 12.1 Å². The number of urea groups is 1. The maximum Gasteiger partial charge on any atom is 0.320 e. The van der Waals surface area contributed by atoms with Crippen LogP contribution in [0.5, 0.6) is 5.75 Å². The number of fused-ring (bicyclic) bond motifs is 1. The summed E-state index contributed by atoms with van der Waals surface area (Å²) < 4.78 is 35.1. The molecule has 2 amide bonds. The van der Waals surface area contributed by atoms with Crippen LogP contribution in [-0.2, 0) is 0 Å². The summed E-state index contributed by atoms with van der Waals surface area (Å²) in [7, 11) is 0. The average Bonchev–Trinajstić information content (AvgIpc) is 3.18. The highest BCUT2D eigenvalue weighted by Crippen LogP contribution is 2.54. The Hall–Kier alpha value is -2.71. The van der Waals surface area contributed by atoms with Crippen LogP contribution >= 0.6 is 0 Å². The molecule has 2 saturated heterocycles. The van der Waals surface area contributed by atoms with Gasteiger partial charge < -0.3 is 14.5 Å². The number of ether oxygens (including phenoxy) is 1. The minimum Gasteiger partial charge on any atom is -0.490 e. The van der Waals surface area contributed by atoms with Crippen molar-refractivity contribution in [2.75, 3.05) is 26.2 Å². The number of hydrogen-bond acceptors (Lipinski definition) is 4. The monoisotopic (exact) mass is 483 g/mol. The van der Waals surface area contributed by atoms with E-state index in [1.54, 1.807) is 6.92 Å². The van der Waals surface area contributed by atoms with Crippen LogP contribution in [0.15, 0.2) is 18.5 Å². The molecule has 5 fully saturated rings. The zero-order valence-electron chi connectivity index (χ0n) is 20.0. The van der Waals surface area contributed by atoms with Crippen LogP contribution in [0.25, 0.3) is 0 Å². The number of hydrogen-bond donors (Lipinski definition) is 0. The smallest absolute Gasteiger partial charge is 0.320 e. The number of carbonyl (C=O) groups excluding carboxylic acids is 1. The largest absolute Gasteiger partial charge is 0.490 e. The van der Waals surface area contributed by atoms with E-state index in [0.29, 0.717) is 35.1 Å². The number of carbonyl (C=O) groups is 1. The predicted molar refractivity (Wildman–Crippen MR) is 123 cm³/mol. The molecule has 2 aliphatic heterocycles. The molecule has 1 unspecified atom stereocenters. The van der Waals surface area contributed by atoms with Gasteiger partial charge in [-0.15, -0.1) is 0 Å². The maximum atomic E-state index is 13.6. The number of likely N-dealkylation sites (tertiary alicyclic amines) is 2. The lowest BCUT2D eigenvalue weighted by Gasteiger charge is -2.59. The summed E-state index contributed by atoms with van der Waals surface area (Å²) in [6, 6.07) is 2.92. The van der Waals surface area contributed by atoms with Crippen molar-refractivity contribution < 1.29 is 18.3 Å². The summed E-state index contributed by atoms with van der Waals surface area (Å²) in [4.78, 5) is 21.6. The number of aromatic nitrogens is 3. The Kier molecular flexibility index (Phi) is 4.71. The van der Waals surface area contributed by atoms with Gasteiger partial charge in [-0.25, -0.2) is 23.2 Å². The molecule has 7 rings (SSSR count). The Morgan fingerprint density at radius 3 is 2.43 bits per heavy atom. The fourth-order valence-corrected chi connectivity index (χ4v) is 6.91. The van der Waals surface area contributed by atoms with Crippen LogP contribution in [0, 0.1) is 35.8 Å². The third-order valence-corrected chi connectivity index (χ3v) is 8.99. The number of nitrogens with zero attached hydrogens (tertiary/aromatic N) is 5. The topological polar surface area (TPSA) is 63.5 Å². The molecule has 5 aliphatic rings. The first kappa shape index (κ1) is 21.6. The molecule has 9 heteroatoms. The first-order chi connectivity index (χ1) is 16.9. The normalized spacial score (nSPS) is 29.3. The molecular weight excluding hydrogens is 452 g/mol. The van der Waals surface area contributed by atoms with Gasteiger partial charge >= 0.3 is 6.03 Å². The SMILES string of the molecule is Cc1cc(F)c(F)cc1OC1C[C@@H]2CN(C(=O)N3CC4(CC(n5cnc(C6CC6)n5)C4)C3)C[C@@H]2C1. The Morgan fingerprint density at radius 2 is 1.74 bits per heavy atom. The molecule has 0 N–H and O–H groups in total. The molecule has 1 aromatic heterocycles. The van der Waals surface area contributed by atoms with Crippen LogP contribution in [0.1, 0.15) is 61.9 Å². The van der Waals surface area contributed by atoms with Gasteiger partial charge in [-0.1, -0.05) is 0 Å². The van der Waals surface area contributed by atoms with Crippen molar-refractivity contribution in [2.45, 2.75) is 63.5 Å². The molecule has 3 aliphatic carbocycles. The third-order valence-electron chi connectivity index (χ3n) is 8.99. The second-order valence-corrected chi connectivity index (χ2v) is 11.7. The number of halogens is 2. The van der Waals surface area contributed by atoms with Crippen LogP contribution in [0.2, 0.25) is 0 Å². The van der Waals surface area contributed by atoms with Gasteiger partial charge in [0.15, 0.2) is 17.5 Å². The predicted octanol–water partition coefficient (Wildman–Crippen LogP) is 4.29. The van der Waals surface area contributed by atoms with E-state index in [1.807, 2.05) is 20.8 Å². The van der Waals surface area contributed by atoms with E-state index in [4.69, 9.17) is 4.74 Å². The van der Waals surface area contributed by atoms with Gasteiger partial charge in [-0.2, -0.15) is 5.10 Å². The molecule has 7 nitrogen and oxygen atoms in total. The van der Waals surface area contributed by atoms with Crippen molar-refractivity contribution in [2.24, 2.45) is 17.3 Å². The summed E-state index contributed by atoms with van der Waals surface area (Å²) in [5.74, 6) is 1.09. The average molecular weight is 484 g/mol. The molecule has 0 bridgehead atoms. The molecule has 1 spiro atoms. The van der Waals surface area contributed by atoms with Crippen molar-refractivity contribution in [1.29, 1.82) is 0 Å². The summed E-state index contributed by atoms with van der Waals surface area (Å²) in [6.07, 6.45) is 8.17. The summed E-state index contributed by atoms with van der Waals surface area (Å²) in [6.45, 7) is 4.94. The summed E-state index contributed by atoms with van der Waals surface area (Å²) >= 11 is 0. The van der Waals surface area contributed by atoms with Gasteiger partial charge in [-0.3, -0.25) is 0 Å². The second kappa shape index (κ2) is 7.64. The van der Waals surface area contributed by atoms with E-state index in [0.717, 1.165) is 63.8 Å². The van der Waals surface area contributed by atoms with Gasteiger partial charge in [-0.05, 0) is 68.9 Å². The van der Waals surface area contributed by atoms with Crippen LogP contribution < -0.4 is 4.74 Å². The van der Waals surface area contributed by atoms with Crippen LogP contribution in [0.4, 0.5) is 13.6 Å². The number of benzene rings is 1. The lowest BCUT2D eigenvalue weighted by molar-refractivity contribution is -0.0735. The summed E-state index contributed by atoms with van der Waals surface area (Å²) in [5.41, 5.74) is 0.873. The lowest BCUT2D eigenvalue weighted by Crippen LogP contribution is -2.65. The third kappa shape index (κ3) is 3.69. The Balaban J connectivity index is 0.887. The van der Waals surface area contributed by atoms with Crippen molar-refractivity contribution >= 4 is 6.03 Å². The Bertz CT molecular complexity index is 1150. The van der Waals surface area contributed by atoms with Crippen molar-refractivity contribution in [1.82, 2.24) is 24.6 Å². The number of rotatable bonds is 4. The minimum atomic E-state index is -0.880. The number of amides is 2. The highest BCUT2D eigenvalue weighted by Gasteiger charge is 2.56. The van der Waals surface area contributed by atoms with Crippen LogP contribution in [0.3, 0.4) is 0 Å². The lowest BCUT2D eigenvalue weighted by atomic mass is 9.61.